The molecule has 1 aliphatic rings. The Hall–Kier alpha value is -0.560. The van der Waals surface area contributed by atoms with Crippen LogP contribution >= 0.6 is 24.8 Å². The van der Waals surface area contributed by atoms with E-state index in [-0.39, 0.29) is 55.8 Å². The first kappa shape index (κ1) is 22.7. The predicted molar refractivity (Wildman–Crippen MR) is 89.0 cm³/mol. The number of hydrogen-bond acceptors (Lipinski definition) is 4. The highest BCUT2D eigenvalue weighted by atomic mass is 35.5. The maximum atomic E-state index is 11.6. The summed E-state index contributed by atoms with van der Waals surface area (Å²) in [4.78, 5) is 24.9. The average Bonchev–Trinajstić information content (AvgIpc) is 2.35. The van der Waals surface area contributed by atoms with E-state index in [1.54, 1.807) is 0 Å². The second kappa shape index (κ2) is 12.0. The number of rotatable bonds is 6. The van der Waals surface area contributed by atoms with Gasteiger partial charge in [-0.3, -0.25) is 9.59 Å². The quantitative estimate of drug-likeness (QED) is 0.640. The molecule has 0 aromatic rings. The van der Waals surface area contributed by atoms with Gasteiger partial charge in [0.1, 0.15) is 0 Å². The minimum absolute atomic E-state index is 0. The number of amides is 2. The Labute approximate surface area is 139 Å². The summed E-state index contributed by atoms with van der Waals surface area (Å²) in [5.74, 6) is 0.257. The summed E-state index contributed by atoms with van der Waals surface area (Å²) in [5.41, 5.74) is 5.15. The predicted octanol–water partition coefficient (Wildman–Crippen LogP) is 0.142. The largest absolute Gasteiger partial charge is 0.351 e. The second-order valence-corrected chi connectivity index (χ2v) is 5.46. The van der Waals surface area contributed by atoms with Gasteiger partial charge in [0.2, 0.25) is 11.8 Å². The molecule has 2 atom stereocenters. The zero-order chi connectivity index (χ0) is 14.3. The third-order valence-electron chi connectivity index (χ3n) is 3.31. The number of likely N-dealkylation sites (tertiary alicyclic amines) is 1. The van der Waals surface area contributed by atoms with Crippen molar-refractivity contribution in [2.75, 3.05) is 32.7 Å². The van der Waals surface area contributed by atoms with Crippen LogP contribution < -0.4 is 16.4 Å². The summed E-state index contributed by atoms with van der Waals surface area (Å²) in [7, 11) is 0. The van der Waals surface area contributed by atoms with Crippen molar-refractivity contribution in [3.8, 4) is 0 Å². The van der Waals surface area contributed by atoms with Gasteiger partial charge in [-0.25, -0.2) is 0 Å². The van der Waals surface area contributed by atoms with Crippen LogP contribution in [0.5, 0.6) is 0 Å². The first-order valence-electron chi connectivity index (χ1n) is 6.99. The Morgan fingerprint density at radius 2 is 2.00 bits per heavy atom. The van der Waals surface area contributed by atoms with Gasteiger partial charge >= 0.3 is 0 Å². The summed E-state index contributed by atoms with van der Waals surface area (Å²) < 4.78 is 0. The molecule has 0 aliphatic carbocycles. The smallest absolute Gasteiger partial charge is 0.239 e. The van der Waals surface area contributed by atoms with Gasteiger partial charge in [0.25, 0.3) is 0 Å². The monoisotopic (exact) mass is 342 g/mol. The molecule has 4 N–H and O–H groups in total. The van der Waals surface area contributed by atoms with E-state index in [0.717, 1.165) is 25.6 Å². The number of hydrogen-bond donors (Lipinski definition) is 3. The molecule has 0 aromatic heterocycles. The van der Waals surface area contributed by atoms with Crippen molar-refractivity contribution in [1.82, 2.24) is 15.5 Å². The molecule has 8 heteroatoms. The van der Waals surface area contributed by atoms with Crippen LogP contribution in [-0.2, 0) is 9.59 Å². The maximum Gasteiger partial charge on any atom is 0.239 e. The van der Waals surface area contributed by atoms with Crippen molar-refractivity contribution < 1.29 is 9.59 Å². The molecular formula is C13H28Cl2N4O2. The Kier molecular flexibility index (Phi) is 13.0. The Morgan fingerprint density at radius 3 is 2.57 bits per heavy atom. The number of nitrogens with zero attached hydrogens (tertiary/aromatic N) is 1. The molecule has 0 saturated carbocycles. The second-order valence-electron chi connectivity index (χ2n) is 5.46. The van der Waals surface area contributed by atoms with E-state index in [9.17, 15) is 9.59 Å². The lowest BCUT2D eigenvalue weighted by molar-refractivity contribution is -0.125. The first-order valence-corrected chi connectivity index (χ1v) is 6.99. The molecular weight excluding hydrogens is 315 g/mol. The number of carbonyl (C=O) groups excluding carboxylic acids is 2. The Bertz CT molecular complexity index is 319. The minimum atomic E-state index is -0.312. The highest BCUT2D eigenvalue weighted by Crippen LogP contribution is 2.15. The molecule has 1 fully saturated rings. The van der Waals surface area contributed by atoms with E-state index in [2.05, 4.69) is 22.5 Å². The van der Waals surface area contributed by atoms with Gasteiger partial charge < -0.3 is 21.3 Å². The van der Waals surface area contributed by atoms with Crippen LogP contribution in [0.4, 0.5) is 0 Å². The van der Waals surface area contributed by atoms with Crippen molar-refractivity contribution in [3.63, 3.8) is 0 Å². The molecule has 0 radical (unpaired) electrons. The van der Waals surface area contributed by atoms with E-state index in [1.807, 2.05) is 6.92 Å². The van der Waals surface area contributed by atoms with Gasteiger partial charge in [-0.2, -0.15) is 0 Å². The normalized spacial score (nSPS) is 19.7. The summed E-state index contributed by atoms with van der Waals surface area (Å²) in [6.45, 7) is 7.23. The van der Waals surface area contributed by atoms with Crippen LogP contribution in [0.15, 0.2) is 0 Å². The fourth-order valence-electron chi connectivity index (χ4n) is 2.46. The van der Waals surface area contributed by atoms with Crippen LogP contribution in [0.25, 0.3) is 0 Å². The highest BCUT2D eigenvalue weighted by Gasteiger charge is 2.18. The average molecular weight is 343 g/mol. The van der Waals surface area contributed by atoms with Gasteiger partial charge in [-0.05, 0) is 32.2 Å². The Morgan fingerprint density at radius 1 is 1.33 bits per heavy atom. The number of nitrogens with two attached hydrogens (primary N) is 1. The van der Waals surface area contributed by atoms with E-state index in [4.69, 9.17) is 5.73 Å². The number of nitrogens with one attached hydrogen (secondary N) is 2. The van der Waals surface area contributed by atoms with Crippen molar-refractivity contribution >= 4 is 36.6 Å². The topological polar surface area (TPSA) is 87.5 Å². The van der Waals surface area contributed by atoms with Gasteiger partial charge in [-0.1, -0.05) is 6.92 Å². The van der Waals surface area contributed by atoms with Gasteiger partial charge in [0.15, 0.2) is 0 Å². The van der Waals surface area contributed by atoms with Crippen molar-refractivity contribution in [1.29, 1.82) is 0 Å². The molecule has 0 spiro atoms. The standard InChI is InChI=1S/C13H26N4O2.2ClH/c1-10-4-3-5-17(8-10)9-11(2)16-13(19)7-15-12(18)6-14;;/h10-11H,3-9,14H2,1-2H3,(H,15,18)(H,16,19);2*1H. The van der Waals surface area contributed by atoms with E-state index in [1.165, 1.54) is 12.8 Å². The van der Waals surface area contributed by atoms with Crippen molar-refractivity contribution in [2.45, 2.75) is 32.7 Å². The maximum absolute atomic E-state index is 11.6. The SMILES string of the molecule is CC1CCCN(CC(C)NC(=O)CNC(=O)CN)C1.Cl.Cl. The Balaban J connectivity index is 0. The molecule has 1 rings (SSSR count). The van der Waals surface area contributed by atoms with Crippen LogP contribution in [0.2, 0.25) is 0 Å². The number of carbonyl (C=O) groups is 2. The molecule has 0 aromatic carbocycles. The van der Waals surface area contributed by atoms with Gasteiger partial charge in [-0.15, -0.1) is 24.8 Å². The fraction of sp³-hybridized carbons (Fsp3) is 0.846. The van der Waals surface area contributed by atoms with Crippen molar-refractivity contribution in [2.24, 2.45) is 11.7 Å². The van der Waals surface area contributed by atoms with E-state index < -0.39 is 0 Å². The highest BCUT2D eigenvalue weighted by molar-refractivity contribution is 5.86. The van der Waals surface area contributed by atoms with Gasteiger partial charge in [0, 0.05) is 19.1 Å². The molecule has 2 unspecified atom stereocenters. The summed E-state index contributed by atoms with van der Waals surface area (Å²) in [6.07, 6.45) is 2.52. The third-order valence-corrected chi connectivity index (χ3v) is 3.31. The third kappa shape index (κ3) is 9.90. The molecule has 1 heterocycles. The number of halogens is 2. The molecule has 21 heavy (non-hydrogen) atoms. The first-order chi connectivity index (χ1) is 9.01. The van der Waals surface area contributed by atoms with E-state index in [0.29, 0.717) is 0 Å². The van der Waals surface area contributed by atoms with Crippen LogP contribution in [0.3, 0.4) is 0 Å². The fourth-order valence-corrected chi connectivity index (χ4v) is 2.46. The molecule has 126 valence electrons. The lowest BCUT2D eigenvalue weighted by Crippen LogP contribution is -2.48. The minimum Gasteiger partial charge on any atom is -0.351 e. The summed E-state index contributed by atoms with van der Waals surface area (Å²) in [6, 6.07) is 0.0904. The van der Waals surface area contributed by atoms with Crippen LogP contribution in [0.1, 0.15) is 26.7 Å². The zero-order valence-corrected chi connectivity index (χ0v) is 14.4. The van der Waals surface area contributed by atoms with Crippen molar-refractivity contribution in [3.05, 3.63) is 0 Å². The molecule has 1 aliphatic heterocycles. The number of piperidine rings is 1. The molecule has 1 saturated heterocycles. The molecule has 6 nitrogen and oxygen atoms in total. The van der Waals surface area contributed by atoms with Crippen LogP contribution in [0, 0.1) is 5.92 Å². The van der Waals surface area contributed by atoms with Crippen LogP contribution in [-0.4, -0.2) is 55.5 Å². The lowest BCUT2D eigenvalue weighted by Gasteiger charge is -2.32. The lowest BCUT2D eigenvalue weighted by atomic mass is 10.00. The molecule has 2 amide bonds. The summed E-state index contributed by atoms with van der Waals surface area (Å²) in [5, 5.41) is 5.34. The molecule has 0 bridgehead atoms. The van der Waals surface area contributed by atoms with Gasteiger partial charge in [0.05, 0.1) is 13.1 Å². The van der Waals surface area contributed by atoms with E-state index >= 15 is 0 Å². The summed E-state index contributed by atoms with van der Waals surface area (Å²) >= 11 is 0. The zero-order valence-electron chi connectivity index (χ0n) is 12.8.